The third kappa shape index (κ3) is 4.10. The lowest BCUT2D eigenvalue weighted by Gasteiger charge is -2.16. The summed E-state index contributed by atoms with van der Waals surface area (Å²) < 4.78 is 0. The van der Waals surface area contributed by atoms with Gasteiger partial charge in [-0.3, -0.25) is 0 Å². The minimum absolute atomic E-state index is 0.396. The van der Waals surface area contributed by atoms with Crippen LogP contribution in [0.15, 0.2) is 30.3 Å². The van der Waals surface area contributed by atoms with Gasteiger partial charge >= 0.3 is 0 Å². The number of carbonyl (C=O) groups excluding carboxylic acids is 2. The molecule has 0 aliphatic rings. The van der Waals surface area contributed by atoms with Crippen molar-refractivity contribution in [3.63, 3.8) is 0 Å². The SMILES string of the molecule is O=C([O-])C[C@H]([NH2+]Cc1ccccc1)C(=O)[O-]. The lowest BCUT2D eigenvalue weighted by molar-refractivity contribution is -0.698. The molecule has 0 saturated carbocycles. The number of nitrogens with two attached hydrogens (primary N) is 1. The van der Waals surface area contributed by atoms with Crippen molar-refractivity contribution >= 4 is 11.9 Å². The van der Waals surface area contributed by atoms with E-state index in [2.05, 4.69) is 0 Å². The van der Waals surface area contributed by atoms with Crippen molar-refractivity contribution in [1.82, 2.24) is 0 Å². The van der Waals surface area contributed by atoms with Crippen molar-refractivity contribution in [3.05, 3.63) is 35.9 Å². The van der Waals surface area contributed by atoms with E-state index in [1.165, 1.54) is 5.32 Å². The summed E-state index contributed by atoms with van der Waals surface area (Å²) in [5.41, 5.74) is 0.923. The van der Waals surface area contributed by atoms with E-state index in [0.717, 1.165) is 5.56 Å². The summed E-state index contributed by atoms with van der Waals surface area (Å²) in [4.78, 5) is 20.9. The molecule has 0 spiro atoms. The fraction of sp³-hybridized carbons (Fsp3) is 0.273. The van der Waals surface area contributed by atoms with Crippen LogP contribution in [0.1, 0.15) is 12.0 Å². The number of hydrogen-bond donors (Lipinski definition) is 1. The predicted molar refractivity (Wildman–Crippen MR) is 50.5 cm³/mol. The van der Waals surface area contributed by atoms with Gasteiger partial charge in [0.2, 0.25) is 0 Å². The van der Waals surface area contributed by atoms with Crippen LogP contribution in [0.5, 0.6) is 0 Å². The van der Waals surface area contributed by atoms with Crippen molar-refractivity contribution in [3.8, 4) is 0 Å². The second kappa shape index (κ2) is 5.87. The standard InChI is InChI=1S/C11H13NO4/c13-10(14)6-9(11(15)16)12-7-8-4-2-1-3-5-8/h1-5,9,12H,6-7H2,(H,13,14)(H,15,16)/p-1/t9-/m0/s1. The average Bonchev–Trinajstić information content (AvgIpc) is 2.25. The summed E-state index contributed by atoms with van der Waals surface area (Å²) in [5, 5.41) is 22.3. The zero-order chi connectivity index (χ0) is 12.0. The summed E-state index contributed by atoms with van der Waals surface area (Å²) in [7, 11) is 0. The first-order chi connectivity index (χ1) is 7.59. The molecule has 0 aliphatic carbocycles. The van der Waals surface area contributed by atoms with E-state index in [4.69, 9.17) is 0 Å². The summed E-state index contributed by atoms with van der Waals surface area (Å²) in [6.07, 6.45) is -0.546. The summed E-state index contributed by atoms with van der Waals surface area (Å²) in [6.45, 7) is 0.396. The third-order valence-electron chi connectivity index (χ3n) is 2.17. The summed E-state index contributed by atoms with van der Waals surface area (Å²) >= 11 is 0. The molecule has 0 radical (unpaired) electrons. The highest BCUT2D eigenvalue weighted by Crippen LogP contribution is 1.95. The molecule has 0 aromatic heterocycles. The van der Waals surface area contributed by atoms with Gasteiger partial charge < -0.3 is 25.1 Å². The van der Waals surface area contributed by atoms with Crippen LogP contribution in [0.25, 0.3) is 0 Å². The molecule has 0 saturated heterocycles. The Bertz CT molecular complexity index is 364. The van der Waals surface area contributed by atoms with Crippen LogP contribution in [0, 0.1) is 0 Å². The largest absolute Gasteiger partial charge is 0.550 e. The van der Waals surface area contributed by atoms with Crippen LogP contribution in [-0.4, -0.2) is 18.0 Å². The Morgan fingerprint density at radius 3 is 2.31 bits per heavy atom. The van der Waals surface area contributed by atoms with Crippen LogP contribution in [0.2, 0.25) is 0 Å². The number of hydrogen-bond acceptors (Lipinski definition) is 4. The Morgan fingerprint density at radius 2 is 1.81 bits per heavy atom. The predicted octanol–water partition coefficient (Wildman–Crippen LogP) is -2.99. The number of quaternary nitrogens is 1. The summed E-state index contributed by atoms with van der Waals surface area (Å²) in [5.74, 6) is -2.78. The van der Waals surface area contributed by atoms with Gasteiger partial charge in [-0.15, -0.1) is 0 Å². The first-order valence-electron chi connectivity index (χ1n) is 4.87. The van der Waals surface area contributed by atoms with E-state index >= 15 is 0 Å². The maximum atomic E-state index is 10.6. The van der Waals surface area contributed by atoms with Crippen molar-refractivity contribution in [1.29, 1.82) is 0 Å². The van der Waals surface area contributed by atoms with E-state index in [1.54, 1.807) is 0 Å². The molecule has 0 amide bonds. The topological polar surface area (TPSA) is 96.9 Å². The van der Waals surface area contributed by atoms with Crippen molar-refractivity contribution in [2.75, 3.05) is 0 Å². The van der Waals surface area contributed by atoms with Crippen LogP contribution in [-0.2, 0) is 16.1 Å². The van der Waals surface area contributed by atoms with Gasteiger partial charge in [0.1, 0.15) is 12.6 Å². The van der Waals surface area contributed by atoms with Crippen molar-refractivity contribution in [2.24, 2.45) is 0 Å². The number of carboxylic acids is 2. The van der Waals surface area contributed by atoms with Gasteiger partial charge in [0.15, 0.2) is 0 Å². The minimum Gasteiger partial charge on any atom is -0.550 e. The maximum absolute atomic E-state index is 10.6. The zero-order valence-electron chi connectivity index (χ0n) is 8.59. The molecule has 2 N–H and O–H groups in total. The molecule has 0 heterocycles. The van der Waals surface area contributed by atoms with E-state index in [-0.39, 0.29) is 0 Å². The Hall–Kier alpha value is -1.88. The number of carboxylic acid groups (broad SMARTS) is 2. The molecule has 1 atom stereocenters. The van der Waals surface area contributed by atoms with Crippen LogP contribution >= 0.6 is 0 Å². The molecular weight excluding hydrogens is 210 g/mol. The molecule has 5 nitrogen and oxygen atoms in total. The molecular formula is C11H12NO4-. The highest BCUT2D eigenvalue weighted by molar-refractivity contribution is 5.76. The Labute approximate surface area is 92.7 Å². The summed E-state index contributed by atoms with van der Waals surface area (Å²) in [6, 6.07) is 8.07. The van der Waals surface area contributed by atoms with Gasteiger partial charge in [-0.25, -0.2) is 0 Å². The monoisotopic (exact) mass is 222 g/mol. The first-order valence-corrected chi connectivity index (χ1v) is 4.87. The van der Waals surface area contributed by atoms with Gasteiger partial charge in [0.05, 0.1) is 5.97 Å². The number of benzene rings is 1. The Morgan fingerprint density at radius 1 is 1.19 bits per heavy atom. The number of rotatable bonds is 6. The van der Waals surface area contributed by atoms with Gasteiger partial charge in [0, 0.05) is 18.0 Å². The fourth-order valence-corrected chi connectivity index (χ4v) is 1.33. The van der Waals surface area contributed by atoms with Gasteiger partial charge in [-0.1, -0.05) is 30.3 Å². The molecule has 16 heavy (non-hydrogen) atoms. The zero-order valence-corrected chi connectivity index (χ0v) is 8.59. The number of carbonyl (C=O) groups is 2. The van der Waals surface area contributed by atoms with Gasteiger partial charge in [0.25, 0.3) is 0 Å². The Balaban J connectivity index is 2.50. The highest BCUT2D eigenvalue weighted by Gasteiger charge is 2.13. The van der Waals surface area contributed by atoms with E-state index < -0.39 is 24.4 Å². The van der Waals surface area contributed by atoms with E-state index in [1.807, 2.05) is 30.3 Å². The van der Waals surface area contributed by atoms with Gasteiger partial charge in [-0.05, 0) is 0 Å². The maximum Gasteiger partial charge on any atom is 0.132 e. The van der Waals surface area contributed by atoms with Crippen LogP contribution in [0.3, 0.4) is 0 Å². The fourth-order valence-electron chi connectivity index (χ4n) is 1.33. The average molecular weight is 222 g/mol. The normalized spacial score (nSPS) is 12.0. The van der Waals surface area contributed by atoms with Crippen LogP contribution < -0.4 is 15.5 Å². The third-order valence-corrected chi connectivity index (χ3v) is 2.17. The smallest absolute Gasteiger partial charge is 0.132 e. The van der Waals surface area contributed by atoms with Gasteiger partial charge in [-0.2, -0.15) is 0 Å². The molecule has 0 unspecified atom stereocenters. The lowest BCUT2D eigenvalue weighted by Crippen LogP contribution is -2.92. The molecule has 86 valence electrons. The Kier molecular flexibility index (Phi) is 4.47. The number of aliphatic carboxylic acids is 2. The van der Waals surface area contributed by atoms with E-state index in [0.29, 0.717) is 6.54 Å². The van der Waals surface area contributed by atoms with Crippen molar-refractivity contribution < 1.29 is 25.1 Å². The minimum atomic E-state index is -1.39. The molecule has 1 aromatic rings. The lowest BCUT2D eigenvalue weighted by atomic mass is 10.1. The first kappa shape index (κ1) is 12.2. The molecule has 1 aromatic carbocycles. The molecule has 0 fully saturated rings. The highest BCUT2D eigenvalue weighted by atomic mass is 16.4. The second-order valence-corrected chi connectivity index (χ2v) is 3.43. The molecule has 0 aliphatic heterocycles. The molecule has 5 heteroatoms. The van der Waals surface area contributed by atoms with Crippen LogP contribution in [0.4, 0.5) is 0 Å². The second-order valence-electron chi connectivity index (χ2n) is 3.43. The molecule has 1 rings (SSSR count). The molecule has 0 bridgehead atoms. The quantitative estimate of drug-likeness (QED) is 0.555. The van der Waals surface area contributed by atoms with Crippen molar-refractivity contribution in [2.45, 2.75) is 19.0 Å². The van der Waals surface area contributed by atoms with E-state index in [9.17, 15) is 19.8 Å².